The van der Waals surface area contributed by atoms with Crippen LogP contribution in [0.2, 0.25) is 0 Å². The van der Waals surface area contributed by atoms with E-state index < -0.39 is 102 Å². The van der Waals surface area contributed by atoms with Crippen molar-refractivity contribution in [3.05, 3.63) is 0 Å². The number of hydrogen-bond donors (Lipinski definition) is 4. The standard InChI is InChI=1S/C38H69NO13/c1-15-26-38(10,45)31(42)21(4)28(40)19(2)17-37(9,47-14)33(52-35-29(41)25(39(11)12)16-20(3)48-35)22(5)30(23(6)34(44)50-26)51-27-18-36(8,46-13)32(43)24(7)49-27/h19-27,29-33,35,41-43,45H,15-18H2,1-14H3/t19-,20-,21+,22+,23-,24?,25+,26-,27?,29-,30+,31-,32?,33-,35+,36?,37-,38-/m1/s1. The first kappa shape index (κ1) is 45.1. The Bertz CT molecular complexity index is 1190. The second-order valence-corrected chi connectivity index (χ2v) is 16.6. The van der Waals surface area contributed by atoms with Crippen molar-refractivity contribution in [1.82, 2.24) is 4.90 Å². The molecule has 0 aromatic rings. The highest BCUT2D eigenvalue weighted by Crippen LogP contribution is 2.41. The predicted octanol–water partition coefficient (Wildman–Crippen LogP) is 2.44. The van der Waals surface area contributed by atoms with Gasteiger partial charge in [-0.25, -0.2) is 0 Å². The molecule has 3 heterocycles. The summed E-state index contributed by atoms with van der Waals surface area (Å²) in [6.07, 6.45) is -8.73. The maximum absolute atomic E-state index is 14.2. The van der Waals surface area contributed by atoms with E-state index in [1.165, 1.54) is 21.1 Å². The van der Waals surface area contributed by atoms with Gasteiger partial charge in [-0.05, 0) is 74.9 Å². The Morgan fingerprint density at radius 3 is 1.98 bits per heavy atom. The van der Waals surface area contributed by atoms with Gasteiger partial charge in [0.05, 0.1) is 47.6 Å². The van der Waals surface area contributed by atoms with Crippen molar-refractivity contribution in [3.8, 4) is 0 Å². The van der Waals surface area contributed by atoms with Crippen molar-refractivity contribution in [2.75, 3.05) is 28.3 Å². The van der Waals surface area contributed by atoms with Crippen molar-refractivity contribution in [2.45, 2.75) is 179 Å². The van der Waals surface area contributed by atoms with E-state index in [1.807, 2.05) is 32.8 Å². The number of carbonyl (C=O) groups is 2. The first-order chi connectivity index (χ1) is 24.0. The highest BCUT2D eigenvalue weighted by molar-refractivity contribution is 5.83. The van der Waals surface area contributed by atoms with Gasteiger partial charge in [0.25, 0.3) is 0 Å². The molecular formula is C38H69NO13. The minimum absolute atomic E-state index is 0.111. The fourth-order valence-electron chi connectivity index (χ4n) is 8.58. The summed E-state index contributed by atoms with van der Waals surface area (Å²) in [7, 11) is 6.77. The van der Waals surface area contributed by atoms with Crippen LogP contribution in [0.4, 0.5) is 0 Å². The molecule has 0 saturated carbocycles. The molecule has 304 valence electrons. The van der Waals surface area contributed by atoms with Crippen LogP contribution in [-0.4, -0.2) is 150 Å². The van der Waals surface area contributed by atoms with Crippen LogP contribution in [0.15, 0.2) is 0 Å². The van der Waals surface area contributed by atoms with Gasteiger partial charge >= 0.3 is 5.97 Å². The Balaban J connectivity index is 2.22. The number of esters is 1. The normalized spacial score (nSPS) is 49.0. The van der Waals surface area contributed by atoms with Crippen LogP contribution in [0.25, 0.3) is 0 Å². The van der Waals surface area contributed by atoms with Crippen LogP contribution < -0.4 is 0 Å². The van der Waals surface area contributed by atoms with E-state index in [-0.39, 0.29) is 37.2 Å². The van der Waals surface area contributed by atoms with E-state index in [0.29, 0.717) is 6.42 Å². The van der Waals surface area contributed by atoms with Gasteiger partial charge in [0.15, 0.2) is 12.6 Å². The minimum atomic E-state index is -1.96. The Morgan fingerprint density at radius 2 is 1.44 bits per heavy atom. The molecule has 52 heavy (non-hydrogen) atoms. The predicted molar refractivity (Wildman–Crippen MR) is 191 cm³/mol. The largest absolute Gasteiger partial charge is 0.459 e. The van der Waals surface area contributed by atoms with Crippen LogP contribution in [0.3, 0.4) is 0 Å². The number of likely N-dealkylation sites (N-methyl/N-ethyl adjacent to an activating group) is 1. The van der Waals surface area contributed by atoms with Crippen LogP contribution >= 0.6 is 0 Å². The van der Waals surface area contributed by atoms with E-state index in [0.717, 1.165) is 0 Å². The first-order valence-corrected chi connectivity index (χ1v) is 18.9. The Morgan fingerprint density at radius 1 is 0.846 bits per heavy atom. The molecule has 3 aliphatic rings. The number of aliphatic hydroxyl groups is 4. The zero-order valence-corrected chi connectivity index (χ0v) is 33.9. The number of nitrogens with zero attached hydrogens (tertiary/aromatic N) is 1. The van der Waals surface area contributed by atoms with Gasteiger partial charge in [-0.2, -0.15) is 0 Å². The third kappa shape index (κ3) is 9.38. The maximum Gasteiger partial charge on any atom is 0.311 e. The smallest absolute Gasteiger partial charge is 0.311 e. The molecule has 14 nitrogen and oxygen atoms in total. The molecule has 18 atom stereocenters. The lowest BCUT2D eigenvalue weighted by atomic mass is 9.74. The van der Waals surface area contributed by atoms with Crippen molar-refractivity contribution in [2.24, 2.45) is 23.7 Å². The molecule has 3 aliphatic heterocycles. The summed E-state index contributed by atoms with van der Waals surface area (Å²) in [5.74, 6) is -4.47. The molecule has 4 N–H and O–H groups in total. The minimum Gasteiger partial charge on any atom is -0.459 e. The third-order valence-corrected chi connectivity index (χ3v) is 12.3. The zero-order valence-electron chi connectivity index (χ0n) is 33.9. The highest BCUT2D eigenvalue weighted by atomic mass is 16.7. The molecular weight excluding hydrogens is 678 g/mol. The summed E-state index contributed by atoms with van der Waals surface area (Å²) in [5, 5.41) is 45.6. The van der Waals surface area contributed by atoms with Gasteiger partial charge < -0.3 is 58.5 Å². The van der Waals surface area contributed by atoms with Crippen LogP contribution in [0.1, 0.15) is 94.9 Å². The van der Waals surface area contributed by atoms with Crippen molar-refractivity contribution in [1.29, 1.82) is 0 Å². The van der Waals surface area contributed by atoms with Gasteiger partial charge in [0.2, 0.25) is 0 Å². The van der Waals surface area contributed by atoms with E-state index in [1.54, 1.807) is 48.5 Å². The fraction of sp³-hybridized carbons (Fsp3) is 0.947. The van der Waals surface area contributed by atoms with Crippen molar-refractivity contribution < 1.29 is 63.2 Å². The van der Waals surface area contributed by atoms with Gasteiger partial charge in [0, 0.05) is 44.4 Å². The van der Waals surface area contributed by atoms with Crippen molar-refractivity contribution >= 4 is 11.8 Å². The summed E-state index contributed by atoms with van der Waals surface area (Å²) in [5.41, 5.74) is -4.24. The molecule has 0 spiro atoms. The molecule has 0 amide bonds. The summed E-state index contributed by atoms with van der Waals surface area (Å²) in [4.78, 5) is 30.1. The van der Waals surface area contributed by atoms with Crippen LogP contribution in [-0.2, 0) is 42.7 Å². The first-order valence-electron chi connectivity index (χ1n) is 18.9. The van der Waals surface area contributed by atoms with Gasteiger partial charge in [-0.15, -0.1) is 0 Å². The number of cyclic esters (lactones) is 1. The SMILES string of the molecule is CC[C@H]1OC(=O)[C@H](C)[C@@H](OC2CC(C)(OC)C(O)C(C)O2)[C@H](C)[C@@H](O[C@@H]2O[C@H](C)C[C@H](N(C)C)[C@H]2O)[C@](C)(OC)C[C@@H](C)C(=O)[C@H](C)[C@@H](O)[C@]1(C)O. The molecule has 3 saturated heterocycles. The highest BCUT2D eigenvalue weighted by Gasteiger charge is 2.54. The fourth-order valence-corrected chi connectivity index (χ4v) is 8.58. The topological polar surface area (TPSA) is 183 Å². The Labute approximate surface area is 310 Å². The number of methoxy groups -OCH3 is 2. The molecule has 0 radical (unpaired) electrons. The number of aliphatic hydroxyl groups excluding tert-OH is 3. The molecule has 3 rings (SSSR count). The number of carbonyl (C=O) groups excluding carboxylic acids is 2. The second-order valence-electron chi connectivity index (χ2n) is 16.6. The molecule has 4 unspecified atom stereocenters. The van der Waals surface area contributed by atoms with E-state index in [9.17, 15) is 30.0 Å². The average molecular weight is 748 g/mol. The number of ether oxygens (including phenoxy) is 7. The Kier molecular flexibility index (Phi) is 15.3. The van der Waals surface area contributed by atoms with Gasteiger partial charge in [0.1, 0.15) is 29.7 Å². The molecule has 3 fully saturated rings. The van der Waals surface area contributed by atoms with Crippen LogP contribution in [0, 0.1) is 23.7 Å². The van der Waals surface area contributed by atoms with Gasteiger partial charge in [-0.3, -0.25) is 9.59 Å². The van der Waals surface area contributed by atoms with Gasteiger partial charge in [-0.1, -0.05) is 27.7 Å². The lowest BCUT2D eigenvalue weighted by molar-refractivity contribution is -0.319. The van der Waals surface area contributed by atoms with E-state index in [2.05, 4.69) is 0 Å². The number of ketones is 1. The zero-order chi connectivity index (χ0) is 39.7. The summed E-state index contributed by atoms with van der Waals surface area (Å²) in [6, 6.07) is -0.283. The molecule has 0 bridgehead atoms. The summed E-state index contributed by atoms with van der Waals surface area (Å²) in [6.45, 7) is 17.1. The van der Waals surface area contributed by atoms with E-state index in [4.69, 9.17) is 33.2 Å². The number of Topliss-reactive ketones (excluding diaryl/α,β-unsaturated/α-hetero) is 1. The quantitative estimate of drug-likeness (QED) is 0.266. The molecule has 0 aromatic carbocycles. The lowest BCUT2D eigenvalue weighted by Gasteiger charge is -2.50. The summed E-state index contributed by atoms with van der Waals surface area (Å²) >= 11 is 0. The van der Waals surface area contributed by atoms with E-state index >= 15 is 0 Å². The summed E-state index contributed by atoms with van der Waals surface area (Å²) < 4.78 is 43.9. The second kappa shape index (κ2) is 17.7. The molecule has 0 aromatic heterocycles. The molecule has 0 aliphatic carbocycles. The average Bonchev–Trinajstić information content (AvgIpc) is 3.09. The lowest BCUT2D eigenvalue weighted by Crippen LogP contribution is -2.61. The maximum atomic E-state index is 14.2. The number of rotatable bonds is 8. The Hall–Kier alpha value is -1.30. The number of hydrogen-bond acceptors (Lipinski definition) is 14. The monoisotopic (exact) mass is 747 g/mol. The molecule has 14 heteroatoms. The third-order valence-electron chi connectivity index (χ3n) is 12.3. The van der Waals surface area contributed by atoms with Crippen molar-refractivity contribution in [3.63, 3.8) is 0 Å². The van der Waals surface area contributed by atoms with Crippen LogP contribution in [0.5, 0.6) is 0 Å².